The van der Waals surface area contributed by atoms with Gasteiger partial charge in [-0.15, -0.1) is 26.3 Å². The number of rotatable bonds is 8. The van der Waals surface area contributed by atoms with Crippen molar-refractivity contribution in [2.75, 3.05) is 11.9 Å². The van der Waals surface area contributed by atoms with Crippen molar-refractivity contribution in [3.05, 3.63) is 53.0 Å². The van der Waals surface area contributed by atoms with Gasteiger partial charge in [-0.1, -0.05) is 6.42 Å². The van der Waals surface area contributed by atoms with Crippen molar-refractivity contribution in [2.24, 2.45) is 0 Å². The summed E-state index contributed by atoms with van der Waals surface area (Å²) < 4.78 is 27.4. The number of nitrogens with one attached hydrogen (secondary N) is 2. The second kappa shape index (κ2) is 9.38. The fourth-order valence-corrected chi connectivity index (χ4v) is 5.17. The maximum absolute atomic E-state index is 14.3. The zero-order valence-electron chi connectivity index (χ0n) is 18.4. The van der Waals surface area contributed by atoms with Crippen LogP contribution in [0.3, 0.4) is 0 Å². The minimum absolute atomic E-state index is 0.206. The predicted molar refractivity (Wildman–Crippen MR) is 128 cm³/mol. The highest BCUT2D eigenvalue weighted by Gasteiger charge is 2.41. The fourth-order valence-electron chi connectivity index (χ4n) is 3.54. The molecule has 3 heterocycles. The highest BCUT2D eigenvalue weighted by atomic mass is 32.2. The van der Waals surface area contributed by atoms with Gasteiger partial charge in [-0.25, -0.2) is 9.37 Å². The molecular weight excluding hydrogens is 447 g/mol. The van der Waals surface area contributed by atoms with Crippen molar-refractivity contribution < 1.29 is 8.94 Å². The Bertz CT molecular complexity index is 1050. The first-order valence-electron chi connectivity index (χ1n) is 10.6. The van der Waals surface area contributed by atoms with Gasteiger partial charge in [-0.2, -0.15) is 4.55 Å². The lowest BCUT2D eigenvalue weighted by molar-refractivity contribution is 0.243. The second-order valence-electron chi connectivity index (χ2n) is 8.97. The van der Waals surface area contributed by atoms with Gasteiger partial charge in [-0.05, 0) is 57.9 Å². The van der Waals surface area contributed by atoms with Crippen LogP contribution in [0.25, 0.3) is 10.7 Å². The highest BCUT2D eigenvalue weighted by molar-refractivity contribution is 7.90. The molecule has 4 rings (SSSR count). The highest BCUT2D eigenvalue weighted by Crippen LogP contribution is 2.43. The Morgan fingerprint density at radius 1 is 1.19 bits per heavy atom. The number of nitrogens with zero attached hydrogens (tertiary/aromatic N) is 4. The van der Waals surface area contributed by atoms with Crippen LogP contribution in [0.5, 0.6) is 0 Å². The largest absolute Gasteiger partial charge is 0.368 e. The molecule has 1 fully saturated rings. The minimum Gasteiger partial charge on any atom is -0.368 e. The molecule has 32 heavy (non-hydrogen) atoms. The Hall–Kier alpha value is -2.14. The van der Waals surface area contributed by atoms with Gasteiger partial charge in [0.15, 0.2) is 4.75 Å². The van der Waals surface area contributed by atoms with Gasteiger partial charge in [0.05, 0.1) is 12.2 Å². The summed E-state index contributed by atoms with van der Waals surface area (Å²) in [4.78, 5) is 9.76. The Labute approximate surface area is 194 Å². The normalized spacial score (nSPS) is 16.4. The molecule has 1 saturated carbocycles. The molecule has 3 aromatic rings. The zero-order chi connectivity index (χ0) is 22.8. The number of aromatic nitrogens is 4. The van der Waals surface area contributed by atoms with E-state index < -0.39 is 11.4 Å². The summed E-state index contributed by atoms with van der Waals surface area (Å²) in [6.45, 7) is 7.09. The first-order valence-corrected chi connectivity index (χ1v) is 12.6. The van der Waals surface area contributed by atoms with E-state index in [1.807, 2.05) is 32.9 Å². The number of hydrogen-bond acceptors (Lipinski definition) is 8. The van der Waals surface area contributed by atoms with Gasteiger partial charge in [0.2, 0.25) is 11.4 Å². The van der Waals surface area contributed by atoms with Crippen molar-refractivity contribution in [3.63, 3.8) is 0 Å². The van der Waals surface area contributed by atoms with Crippen LogP contribution in [0.15, 0.2) is 36.7 Å². The summed E-state index contributed by atoms with van der Waals surface area (Å²) in [6, 6.07) is 6.84. The quantitative estimate of drug-likeness (QED) is 0.411. The van der Waals surface area contributed by atoms with Crippen molar-refractivity contribution in [1.29, 1.82) is 0 Å². The first kappa shape index (κ1) is 23.0. The Kier molecular flexibility index (Phi) is 6.75. The van der Waals surface area contributed by atoms with Gasteiger partial charge in [0.25, 0.3) is 0 Å². The van der Waals surface area contributed by atoms with Crippen LogP contribution in [0.1, 0.15) is 50.6 Å². The molecule has 0 aromatic carbocycles. The summed E-state index contributed by atoms with van der Waals surface area (Å²) in [5.74, 6) is 0.393. The summed E-state index contributed by atoms with van der Waals surface area (Å²) >= 11 is 0.638. The minimum atomic E-state index is -0.883. The molecule has 3 N–H and O–H groups in total. The summed E-state index contributed by atoms with van der Waals surface area (Å²) in [6.07, 6.45) is 6.31. The van der Waals surface area contributed by atoms with Crippen LogP contribution < -0.4 is 10.0 Å². The van der Waals surface area contributed by atoms with E-state index in [9.17, 15) is 8.94 Å². The van der Waals surface area contributed by atoms with E-state index in [-0.39, 0.29) is 16.0 Å². The third kappa shape index (κ3) is 5.09. The van der Waals surface area contributed by atoms with Crippen molar-refractivity contribution in [1.82, 2.24) is 24.9 Å². The number of hydrogen-bond donors (Lipinski definition) is 3. The first-order chi connectivity index (χ1) is 15.3. The molecule has 1 aliphatic carbocycles. The third-order valence-electron chi connectivity index (χ3n) is 5.58. The number of halogens is 1. The number of thiazole rings is 1. The molecule has 0 aliphatic heterocycles. The second-order valence-corrected chi connectivity index (χ2v) is 12.2. The van der Waals surface area contributed by atoms with Gasteiger partial charge < -0.3 is 5.32 Å². The molecule has 0 bridgehead atoms. The molecule has 1 aliphatic rings. The zero-order valence-corrected chi connectivity index (χ0v) is 20.1. The van der Waals surface area contributed by atoms with Crippen LogP contribution in [0.4, 0.5) is 10.2 Å². The summed E-state index contributed by atoms with van der Waals surface area (Å²) in [7, 11) is 0. The van der Waals surface area contributed by atoms with E-state index in [1.165, 1.54) is 17.4 Å². The topological polar surface area (TPSA) is 95.8 Å². The standard InChI is InChI=1S/C22H28FN6OS2/c1-21(2,3)32(30)27-13-15-12-25-20(31-15)17-7-8-18(29-28-17)26-14-22(9-5-10-22)19-16(23)6-4-11-24-19/h4,6-8,11-12,27,30H,5,9-10,13-14H2,1-3H3,(H,26,29)/q+1. The van der Waals surface area contributed by atoms with Gasteiger partial charge >= 0.3 is 0 Å². The fraction of sp³-hybridized carbons (Fsp3) is 0.455. The lowest BCUT2D eigenvalue weighted by Gasteiger charge is -2.41. The Morgan fingerprint density at radius 3 is 2.62 bits per heavy atom. The molecule has 10 heteroatoms. The molecule has 170 valence electrons. The lowest BCUT2D eigenvalue weighted by Crippen LogP contribution is -2.42. The summed E-state index contributed by atoms with van der Waals surface area (Å²) in [5.41, 5.74) is 0.936. The molecular formula is C22H28FN6OS2+. The van der Waals surface area contributed by atoms with E-state index in [4.69, 9.17) is 0 Å². The molecule has 1 atom stereocenters. The Morgan fingerprint density at radius 2 is 2.00 bits per heavy atom. The number of pyridine rings is 1. The van der Waals surface area contributed by atoms with E-state index in [0.29, 0.717) is 30.3 Å². The van der Waals surface area contributed by atoms with Crippen LogP contribution in [-0.4, -0.2) is 36.0 Å². The third-order valence-corrected chi connectivity index (χ3v) is 8.18. The van der Waals surface area contributed by atoms with E-state index in [2.05, 4.69) is 30.2 Å². The molecule has 0 saturated heterocycles. The van der Waals surface area contributed by atoms with Gasteiger partial charge in [-0.3, -0.25) is 4.98 Å². The van der Waals surface area contributed by atoms with E-state index in [1.54, 1.807) is 18.5 Å². The maximum atomic E-state index is 14.3. The van der Waals surface area contributed by atoms with Gasteiger partial charge in [0.1, 0.15) is 22.3 Å². The monoisotopic (exact) mass is 475 g/mol. The van der Waals surface area contributed by atoms with Crippen LogP contribution >= 0.6 is 11.3 Å². The predicted octanol–water partition coefficient (Wildman–Crippen LogP) is 4.56. The average Bonchev–Trinajstić information content (AvgIpc) is 3.21. The van der Waals surface area contributed by atoms with Gasteiger partial charge in [0, 0.05) is 29.2 Å². The van der Waals surface area contributed by atoms with Crippen molar-refractivity contribution in [2.45, 2.75) is 56.7 Å². The Balaban J connectivity index is 1.37. The van der Waals surface area contributed by atoms with Crippen LogP contribution in [0, 0.1) is 5.82 Å². The molecule has 0 spiro atoms. The smallest absolute Gasteiger partial charge is 0.240 e. The molecule has 3 aromatic heterocycles. The van der Waals surface area contributed by atoms with Crippen molar-refractivity contribution in [3.8, 4) is 10.7 Å². The van der Waals surface area contributed by atoms with Crippen LogP contribution in [0.2, 0.25) is 0 Å². The van der Waals surface area contributed by atoms with E-state index in [0.717, 1.165) is 29.1 Å². The average molecular weight is 476 g/mol. The molecule has 7 nitrogen and oxygen atoms in total. The molecule has 0 radical (unpaired) electrons. The van der Waals surface area contributed by atoms with Crippen LogP contribution in [-0.2, 0) is 23.3 Å². The summed E-state index contributed by atoms with van der Waals surface area (Å²) in [5, 5.41) is 12.7. The maximum Gasteiger partial charge on any atom is 0.240 e. The number of anilines is 1. The molecule has 0 amide bonds. The van der Waals surface area contributed by atoms with E-state index >= 15 is 0 Å². The van der Waals surface area contributed by atoms with Crippen molar-refractivity contribution >= 4 is 28.5 Å². The molecule has 1 unspecified atom stereocenters. The SMILES string of the molecule is CC(C)(C)[S+](O)NCc1cnc(-c2ccc(NCC3(c4ncccc4F)CCC3)nn2)s1. The lowest BCUT2D eigenvalue weighted by atomic mass is 9.66.